The van der Waals surface area contributed by atoms with Gasteiger partial charge in [0.2, 0.25) is 5.56 Å². The van der Waals surface area contributed by atoms with Crippen molar-refractivity contribution in [3.05, 3.63) is 49.3 Å². The van der Waals surface area contributed by atoms with E-state index < -0.39 is 4.92 Å². The largest absolute Gasteiger partial charge is 0.321 e. The normalized spacial score (nSPS) is 10.6. The summed E-state index contributed by atoms with van der Waals surface area (Å²) in [6.07, 6.45) is 0. The third-order valence-electron chi connectivity index (χ3n) is 2.31. The monoisotopic (exact) mass is 238 g/mol. The maximum absolute atomic E-state index is 11.2. The fourth-order valence-corrected chi connectivity index (χ4v) is 1.83. The van der Waals surface area contributed by atoms with Crippen LogP contribution in [-0.2, 0) is 0 Å². The number of benzene rings is 1. The summed E-state index contributed by atoms with van der Waals surface area (Å²) in [6.45, 7) is 1.71. The highest BCUT2D eigenvalue weighted by atomic mass is 35.5. The first kappa shape index (κ1) is 10.6. The molecule has 0 saturated heterocycles. The molecule has 16 heavy (non-hydrogen) atoms. The molecule has 0 saturated carbocycles. The zero-order valence-corrected chi connectivity index (χ0v) is 9.04. The molecule has 2 aromatic rings. The van der Waals surface area contributed by atoms with Crippen molar-refractivity contribution < 1.29 is 4.92 Å². The van der Waals surface area contributed by atoms with Crippen molar-refractivity contribution in [2.75, 3.05) is 0 Å². The molecule has 0 aliphatic carbocycles. The average Bonchev–Trinajstić information content (AvgIpc) is 2.19. The van der Waals surface area contributed by atoms with Gasteiger partial charge < -0.3 is 4.98 Å². The second kappa shape index (κ2) is 3.61. The van der Waals surface area contributed by atoms with Crippen molar-refractivity contribution in [1.29, 1.82) is 0 Å². The van der Waals surface area contributed by atoms with Gasteiger partial charge in [0.05, 0.1) is 15.5 Å². The Morgan fingerprint density at radius 2 is 2.06 bits per heavy atom. The lowest BCUT2D eigenvalue weighted by atomic mass is 10.1. The summed E-state index contributed by atoms with van der Waals surface area (Å²) in [6, 6.07) is 3.99. The molecule has 0 aliphatic heterocycles. The van der Waals surface area contributed by atoms with E-state index >= 15 is 0 Å². The van der Waals surface area contributed by atoms with Crippen molar-refractivity contribution in [1.82, 2.24) is 4.98 Å². The van der Waals surface area contributed by atoms with Crippen molar-refractivity contribution in [2.45, 2.75) is 6.92 Å². The number of aromatic amines is 1. The summed E-state index contributed by atoms with van der Waals surface area (Å²) in [7, 11) is 0. The Hall–Kier alpha value is -1.88. The van der Waals surface area contributed by atoms with Gasteiger partial charge in [-0.15, -0.1) is 0 Å². The molecule has 1 aromatic heterocycles. The van der Waals surface area contributed by atoms with Crippen LogP contribution in [0.25, 0.3) is 10.9 Å². The highest BCUT2D eigenvalue weighted by Crippen LogP contribution is 2.28. The number of hydrogen-bond acceptors (Lipinski definition) is 3. The van der Waals surface area contributed by atoms with Gasteiger partial charge in [0.1, 0.15) is 0 Å². The minimum Gasteiger partial charge on any atom is -0.321 e. The van der Waals surface area contributed by atoms with Crippen LogP contribution >= 0.6 is 11.6 Å². The van der Waals surface area contributed by atoms with E-state index in [2.05, 4.69) is 4.98 Å². The maximum Gasteiger partial charge on any atom is 0.271 e. The van der Waals surface area contributed by atoms with Gasteiger partial charge in [-0.1, -0.05) is 11.6 Å². The molecule has 0 fully saturated rings. The van der Waals surface area contributed by atoms with E-state index in [9.17, 15) is 14.9 Å². The van der Waals surface area contributed by atoms with Crippen LogP contribution in [0, 0.1) is 17.0 Å². The zero-order chi connectivity index (χ0) is 11.9. The van der Waals surface area contributed by atoms with Gasteiger partial charge in [-0.3, -0.25) is 14.9 Å². The topological polar surface area (TPSA) is 76.0 Å². The number of aromatic nitrogens is 1. The maximum atomic E-state index is 11.2. The molecule has 82 valence electrons. The van der Waals surface area contributed by atoms with E-state index in [1.165, 1.54) is 18.2 Å². The van der Waals surface area contributed by atoms with Crippen LogP contribution in [0.15, 0.2) is 23.0 Å². The number of aryl methyl sites for hydroxylation is 1. The third kappa shape index (κ3) is 1.65. The number of fused-ring (bicyclic) bond motifs is 1. The minimum absolute atomic E-state index is 0.0901. The quantitative estimate of drug-likeness (QED) is 0.612. The van der Waals surface area contributed by atoms with Crippen LogP contribution in [0.1, 0.15) is 5.56 Å². The summed E-state index contributed by atoms with van der Waals surface area (Å²) in [5.74, 6) is 0. The molecule has 6 heteroatoms. The minimum atomic E-state index is -0.518. The fourth-order valence-electron chi connectivity index (χ4n) is 1.57. The highest BCUT2D eigenvalue weighted by molar-refractivity contribution is 6.35. The molecule has 0 atom stereocenters. The summed E-state index contributed by atoms with van der Waals surface area (Å²) >= 11 is 5.88. The van der Waals surface area contributed by atoms with Gasteiger partial charge in [0.15, 0.2) is 0 Å². The summed E-state index contributed by atoms with van der Waals surface area (Å²) in [5, 5.41) is 11.4. The molecule has 1 N–H and O–H groups in total. The van der Waals surface area contributed by atoms with Crippen LogP contribution in [0.4, 0.5) is 5.69 Å². The molecule has 0 bridgehead atoms. The molecule has 1 heterocycles. The Bertz CT molecular complexity index is 648. The van der Waals surface area contributed by atoms with Crippen molar-refractivity contribution in [3.8, 4) is 0 Å². The lowest BCUT2D eigenvalue weighted by Crippen LogP contribution is -2.05. The first-order valence-electron chi connectivity index (χ1n) is 4.46. The van der Waals surface area contributed by atoms with Gasteiger partial charge in [0.25, 0.3) is 5.69 Å². The van der Waals surface area contributed by atoms with Crippen LogP contribution in [0.2, 0.25) is 5.02 Å². The fraction of sp³-hybridized carbons (Fsp3) is 0.100. The number of nitro groups is 1. The average molecular weight is 239 g/mol. The summed E-state index contributed by atoms with van der Waals surface area (Å²) in [5.41, 5.74) is 0.718. The second-order valence-electron chi connectivity index (χ2n) is 3.42. The number of nitrogens with zero attached hydrogens (tertiary/aromatic N) is 1. The molecule has 2 rings (SSSR count). The van der Waals surface area contributed by atoms with E-state index in [4.69, 9.17) is 11.6 Å². The number of nitrogens with one attached hydrogen (secondary N) is 1. The predicted molar refractivity (Wildman–Crippen MR) is 61.0 cm³/mol. The van der Waals surface area contributed by atoms with Crippen molar-refractivity contribution in [2.24, 2.45) is 0 Å². The van der Waals surface area contributed by atoms with E-state index in [1.807, 2.05) is 0 Å². The number of H-pyrrole nitrogens is 1. The van der Waals surface area contributed by atoms with E-state index in [0.29, 0.717) is 16.5 Å². The molecular weight excluding hydrogens is 232 g/mol. The number of nitro benzene ring substituents is 1. The first-order valence-corrected chi connectivity index (χ1v) is 4.84. The number of hydrogen-bond donors (Lipinski definition) is 1. The third-order valence-corrected chi connectivity index (χ3v) is 2.60. The van der Waals surface area contributed by atoms with Crippen LogP contribution in [0.5, 0.6) is 0 Å². The van der Waals surface area contributed by atoms with Gasteiger partial charge in [-0.05, 0) is 12.5 Å². The Balaban J connectivity index is 2.92. The Kier molecular flexibility index (Phi) is 2.40. The molecule has 0 aliphatic rings. The molecule has 5 nitrogen and oxygen atoms in total. The Morgan fingerprint density at radius 3 is 2.69 bits per heavy atom. The van der Waals surface area contributed by atoms with E-state index in [1.54, 1.807) is 6.92 Å². The molecule has 0 spiro atoms. The van der Waals surface area contributed by atoms with Gasteiger partial charge in [0, 0.05) is 23.6 Å². The zero-order valence-electron chi connectivity index (χ0n) is 8.28. The number of non-ortho nitro benzene ring substituents is 1. The predicted octanol–water partition coefficient (Wildman–Crippen LogP) is 2.40. The molecule has 1 aromatic carbocycles. The Morgan fingerprint density at radius 1 is 1.38 bits per heavy atom. The van der Waals surface area contributed by atoms with Crippen molar-refractivity contribution in [3.63, 3.8) is 0 Å². The van der Waals surface area contributed by atoms with Crippen LogP contribution in [-0.4, -0.2) is 9.91 Å². The number of pyridine rings is 1. The molecule has 0 amide bonds. The van der Waals surface area contributed by atoms with Crippen LogP contribution < -0.4 is 5.56 Å². The van der Waals surface area contributed by atoms with Gasteiger partial charge in [-0.25, -0.2) is 0 Å². The SMILES string of the molecule is Cc1cc(=O)[nH]c2c(Cl)cc([N+](=O)[O-])cc12. The Labute approximate surface area is 94.8 Å². The molecule has 0 unspecified atom stereocenters. The standard InChI is InChI=1S/C10H7ClN2O3/c1-5-2-9(14)12-10-7(5)3-6(13(15)16)4-8(10)11/h2-4H,1H3,(H,12,14). The second-order valence-corrected chi connectivity index (χ2v) is 3.83. The van der Waals surface area contributed by atoms with Crippen LogP contribution in [0.3, 0.4) is 0 Å². The summed E-state index contributed by atoms with van der Waals surface area (Å²) in [4.78, 5) is 23.9. The van der Waals surface area contributed by atoms with E-state index in [-0.39, 0.29) is 16.3 Å². The van der Waals surface area contributed by atoms with Crippen molar-refractivity contribution >= 4 is 28.2 Å². The van der Waals surface area contributed by atoms with Gasteiger partial charge >= 0.3 is 0 Å². The number of rotatable bonds is 1. The van der Waals surface area contributed by atoms with Gasteiger partial charge in [-0.2, -0.15) is 0 Å². The molecule has 0 radical (unpaired) electrons. The van der Waals surface area contributed by atoms with E-state index in [0.717, 1.165) is 0 Å². The lowest BCUT2D eigenvalue weighted by molar-refractivity contribution is -0.384. The molecular formula is C10H7ClN2O3. The lowest BCUT2D eigenvalue weighted by Gasteiger charge is -2.03. The smallest absolute Gasteiger partial charge is 0.271 e. The number of halogens is 1. The highest BCUT2D eigenvalue weighted by Gasteiger charge is 2.12. The first-order chi connectivity index (χ1) is 7.49. The summed E-state index contributed by atoms with van der Waals surface area (Å²) < 4.78 is 0.